The molecule has 0 unspecified atom stereocenters. The molecule has 7 N–H and O–H groups in total. The summed E-state index contributed by atoms with van der Waals surface area (Å²) in [6.45, 7) is -0.555. The molecule has 11 heteroatoms. The van der Waals surface area contributed by atoms with Crippen LogP contribution in [0.1, 0.15) is 12.1 Å². The van der Waals surface area contributed by atoms with E-state index in [1.54, 1.807) is 0 Å². The quantitative estimate of drug-likeness (QED) is 0.261. The lowest BCUT2D eigenvalue weighted by Gasteiger charge is -2.22. The van der Waals surface area contributed by atoms with Gasteiger partial charge < -0.3 is 31.6 Å². The predicted molar refractivity (Wildman–Crippen MR) is 91.8 cm³/mol. The molecule has 0 saturated heterocycles. The van der Waals surface area contributed by atoms with E-state index in [4.69, 9.17) is 10.8 Å². The fourth-order valence-corrected chi connectivity index (χ4v) is 2.43. The number of thioether (sulfide) groups is 1. The summed E-state index contributed by atoms with van der Waals surface area (Å²) in [7, 11) is 0. The SMILES string of the molecule is CSCC[C@H](NC(=O)[C@@H](N)CO)C(=O)N[C@@H](Cc1cnc[nH]1)C(=O)O. The first kappa shape index (κ1) is 20.9. The first-order valence-electron chi connectivity index (χ1n) is 7.55. The standard InChI is InChI=1S/C14H23N5O5S/c1-25-3-2-10(18-12(21)9(15)6-20)13(22)19-11(14(23)24)4-8-5-16-7-17-8/h5,7,9-11,20H,2-4,6,15H2,1H3,(H,16,17)(H,18,21)(H,19,22)(H,23,24)/t9-,10-,11-/m0/s1. The largest absolute Gasteiger partial charge is 0.480 e. The van der Waals surface area contributed by atoms with Crippen molar-refractivity contribution in [2.24, 2.45) is 5.73 Å². The summed E-state index contributed by atoms with van der Waals surface area (Å²) in [5.74, 6) is -1.93. The lowest BCUT2D eigenvalue weighted by molar-refractivity contribution is -0.142. The number of carboxylic acid groups (broad SMARTS) is 1. The molecule has 140 valence electrons. The molecule has 2 amide bonds. The molecule has 3 atom stereocenters. The van der Waals surface area contributed by atoms with Crippen molar-refractivity contribution in [1.82, 2.24) is 20.6 Å². The summed E-state index contributed by atoms with van der Waals surface area (Å²) in [4.78, 5) is 42.2. The van der Waals surface area contributed by atoms with Crippen LogP contribution >= 0.6 is 11.8 Å². The second kappa shape index (κ2) is 10.7. The van der Waals surface area contributed by atoms with Gasteiger partial charge in [-0.25, -0.2) is 9.78 Å². The van der Waals surface area contributed by atoms with Gasteiger partial charge in [-0.2, -0.15) is 11.8 Å². The van der Waals surface area contributed by atoms with E-state index < -0.39 is 42.5 Å². The molecule has 0 spiro atoms. The van der Waals surface area contributed by atoms with E-state index in [0.29, 0.717) is 17.9 Å². The average Bonchev–Trinajstić information content (AvgIpc) is 3.09. The minimum Gasteiger partial charge on any atom is -0.480 e. The highest BCUT2D eigenvalue weighted by Gasteiger charge is 2.28. The minimum absolute atomic E-state index is 0.0282. The number of aliphatic hydroxyl groups is 1. The Morgan fingerprint density at radius 3 is 2.52 bits per heavy atom. The van der Waals surface area contributed by atoms with Gasteiger partial charge in [-0.3, -0.25) is 9.59 Å². The van der Waals surface area contributed by atoms with Gasteiger partial charge in [0.15, 0.2) is 0 Å². The number of nitrogens with one attached hydrogen (secondary N) is 3. The van der Waals surface area contributed by atoms with E-state index >= 15 is 0 Å². The summed E-state index contributed by atoms with van der Waals surface area (Å²) in [5, 5.41) is 23.1. The van der Waals surface area contributed by atoms with Gasteiger partial charge in [0, 0.05) is 18.3 Å². The number of imidazole rings is 1. The molecule has 1 aromatic rings. The van der Waals surface area contributed by atoms with Crippen LogP contribution in [0.5, 0.6) is 0 Å². The molecule has 0 aliphatic rings. The Morgan fingerprint density at radius 1 is 1.32 bits per heavy atom. The fraction of sp³-hybridized carbons (Fsp3) is 0.571. The van der Waals surface area contributed by atoms with Crippen LogP contribution in [-0.4, -0.2) is 74.7 Å². The van der Waals surface area contributed by atoms with Crippen molar-refractivity contribution in [3.63, 3.8) is 0 Å². The number of carbonyl (C=O) groups excluding carboxylic acids is 2. The lowest BCUT2D eigenvalue weighted by atomic mass is 10.1. The number of H-pyrrole nitrogens is 1. The zero-order valence-electron chi connectivity index (χ0n) is 13.8. The van der Waals surface area contributed by atoms with E-state index in [9.17, 15) is 19.5 Å². The highest BCUT2D eigenvalue weighted by Crippen LogP contribution is 2.04. The molecule has 0 aliphatic carbocycles. The maximum Gasteiger partial charge on any atom is 0.326 e. The van der Waals surface area contributed by atoms with E-state index in [1.807, 2.05) is 6.26 Å². The van der Waals surface area contributed by atoms with Crippen LogP contribution in [0.2, 0.25) is 0 Å². The molecule has 1 aromatic heterocycles. The number of amides is 2. The third-order valence-corrected chi connectivity index (χ3v) is 4.01. The van der Waals surface area contributed by atoms with Crippen molar-refractivity contribution in [3.05, 3.63) is 18.2 Å². The van der Waals surface area contributed by atoms with Crippen molar-refractivity contribution in [3.8, 4) is 0 Å². The highest BCUT2D eigenvalue weighted by atomic mass is 32.2. The third kappa shape index (κ3) is 7.11. The van der Waals surface area contributed by atoms with Crippen LogP contribution in [0.15, 0.2) is 12.5 Å². The van der Waals surface area contributed by atoms with Crippen molar-refractivity contribution in [1.29, 1.82) is 0 Å². The van der Waals surface area contributed by atoms with Crippen LogP contribution in [0, 0.1) is 0 Å². The van der Waals surface area contributed by atoms with E-state index in [2.05, 4.69) is 20.6 Å². The van der Waals surface area contributed by atoms with Gasteiger partial charge in [-0.05, 0) is 18.4 Å². The monoisotopic (exact) mass is 373 g/mol. The number of hydrogen-bond acceptors (Lipinski definition) is 7. The molecule has 0 aromatic carbocycles. The number of aliphatic carboxylic acids is 1. The molecular weight excluding hydrogens is 350 g/mol. The smallest absolute Gasteiger partial charge is 0.326 e. The number of nitrogens with zero attached hydrogens (tertiary/aromatic N) is 1. The van der Waals surface area contributed by atoms with Crippen LogP contribution in [0.4, 0.5) is 0 Å². The van der Waals surface area contributed by atoms with E-state index in [1.165, 1.54) is 24.3 Å². The summed E-state index contributed by atoms with van der Waals surface area (Å²) < 4.78 is 0. The van der Waals surface area contributed by atoms with Gasteiger partial charge in [-0.15, -0.1) is 0 Å². The van der Waals surface area contributed by atoms with Crippen molar-refractivity contribution in [2.45, 2.75) is 31.0 Å². The molecule has 10 nitrogen and oxygen atoms in total. The number of aromatic amines is 1. The Morgan fingerprint density at radius 2 is 2.00 bits per heavy atom. The maximum atomic E-state index is 12.4. The molecule has 0 bridgehead atoms. The van der Waals surface area contributed by atoms with Crippen LogP contribution in [-0.2, 0) is 20.8 Å². The molecule has 1 heterocycles. The molecule has 0 radical (unpaired) electrons. The molecule has 1 rings (SSSR count). The van der Waals surface area contributed by atoms with Crippen LogP contribution in [0.3, 0.4) is 0 Å². The number of nitrogens with two attached hydrogens (primary N) is 1. The highest BCUT2D eigenvalue weighted by molar-refractivity contribution is 7.98. The van der Waals surface area contributed by atoms with Crippen molar-refractivity contribution < 1.29 is 24.6 Å². The normalized spacial score (nSPS) is 14.4. The van der Waals surface area contributed by atoms with Gasteiger partial charge in [0.05, 0.1) is 12.9 Å². The minimum atomic E-state index is -1.20. The summed E-state index contributed by atoms with van der Waals surface area (Å²) in [6, 6.07) is -3.26. The molecule has 0 saturated carbocycles. The zero-order valence-corrected chi connectivity index (χ0v) is 14.6. The Bertz CT molecular complexity index is 568. The van der Waals surface area contributed by atoms with Crippen LogP contribution < -0.4 is 16.4 Å². The number of carboxylic acids is 1. The Kier molecular flexibility index (Phi) is 8.95. The van der Waals surface area contributed by atoms with Gasteiger partial charge >= 0.3 is 5.97 Å². The summed E-state index contributed by atoms with van der Waals surface area (Å²) >= 11 is 1.48. The fourth-order valence-electron chi connectivity index (χ4n) is 1.95. The topological polar surface area (TPSA) is 170 Å². The summed E-state index contributed by atoms with van der Waals surface area (Å²) in [5.41, 5.74) is 5.98. The van der Waals surface area contributed by atoms with Crippen LogP contribution in [0.25, 0.3) is 0 Å². The first-order chi connectivity index (χ1) is 11.9. The van der Waals surface area contributed by atoms with Gasteiger partial charge in [-0.1, -0.05) is 0 Å². The molecule has 0 aliphatic heterocycles. The second-order valence-corrected chi connectivity index (χ2v) is 6.30. The Hall–Kier alpha value is -2.11. The third-order valence-electron chi connectivity index (χ3n) is 3.37. The average molecular weight is 373 g/mol. The van der Waals surface area contributed by atoms with E-state index in [0.717, 1.165) is 0 Å². The van der Waals surface area contributed by atoms with Gasteiger partial charge in [0.2, 0.25) is 11.8 Å². The lowest BCUT2D eigenvalue weighted by Crippen LogP contribution is -2.55. The van der Waals surface area contributed by atoms with Gasteiger partial charge in [0.1, 0.15) is 18.1 Å². The Labute approximate surface area is 149 Å². The number of rotatable bonds is 11. The molecule has 0 fully saturated rings. The first-order valence-corrected chi connectivity index (χ1v) is 8.94. The zero-order chi connectivity index (χ0) is 18.8. The number of aliphatic hydroxyl groups excluding tert-OH is 1. The molecule has 25 heavy (non-hydrogen) atoms. The maximum absolute atomic E-state index is 12.4. The summed E-state index contributed by atoms with van der Waals surface area (Å²) in [6.07, 6.45) is 5.05. The Balaban J connectivity index is 2.76. The van der Waals surface area contributed by atoms with Crippen molar-refractivity contribution in [2.75, 3.05) is 18.6 Å². The number of carbonyl (C=O) groups is 3. The number of hydrogen-bond donors (Lipinski definition) is 6. The van der Waals surface area contributed by atoms with E-state index in [-0.39, 0.29) is 6.42 Å². The predicted octanol–water partition coefficient (Wildman–Crippen LogP) is -1.92. The second-order valence-electron chi connectivity index (χ2n) is 5.31. The van der Waals surface area contributed by atoms with Crippen molar-refractivity contribution >= 4 is 29.5 Å². The number of aromatic nitrogens is 2. The van der Waals surface area contributed by atoms with Gasteiger partial charge in [0.25, 0.3) is 0 Å². The molecular formula is C14H23N5O5S.